The monoisotopic (exact) mass is 368 g/mol. The Kier molecular flexibility index (Phi) is 6.68. The van der Waals surface area contributed by atoms with Gasteiger partial charge in [-0.15, -0.1) is 0 Å². The predicted octanol–water partition coefficient (Wildman–Crippen LogP) is 3.24. The summed E-state index contributed by atoms with van der Waals surface area (Å²) in [5.74, 6) is 1.45. The molecule has 2 aromatic carbocycles. The number of ether oxygens (including phenoxy) is 1. The highest BCUT2D eigenvalue weighted by Gasteiger charge is 2.19. The standard InChI is InChI=1S/C21H28N4O2/c1-17(25-13-11-24(2)12-14-25)16-22-21(26)23-18-7-6-10-20(15-18)27-19-8-4-3-5-9-19/h3-10,15,17H,11-14,16H2,1-2H3,(H2,22,23,26)/t17-/m0/s1. The van der Waals surface area contributed by atoms with Crippen molar-refractivity contribution in [3.8, 4) is 11.5 Å². The number of piperazine rings is 1. The number of para-hydroxylation sites is 1. The van der Waals surface area contributed by atoms with Crippen LogP contribution in [0.2, 0.25) is 0 Å². The predicted molar refractivity (Wildman–Crippen MR) is 109 cm³/mol. The zero-order chi connectivity index (χ0) is 19.1. The number of hydrogen-bond donors (Lipinski definition) is 2. The van der Waals surface area contributed by atoms with Crippen LogP contribution in [0.15, 0.2) is 54.6 Å². The summed E-state index contributed by atoms with van der Waals surface area (Å²) in [5.41, 5.74) is 0.702. The van der Waals surface area contributed by atoms with Gasteiger partial charge in [0.2, 0.25) is 0 Å². The average Bonchev–Trinajstić information content (AvgIpc) is 2.68. The van der Waals surface area contributed by atoms with Crippen molar-refractivity contribution in [2.24, 2.45) is 0 Å². The molecule has 2 aromatic rings. The number of rotatable bonds is 6. The van der Waals surface area contributed by atoms with E-state index in [9.17, 15) is 4.79 Å². The molecule has 1 saturated heterocycles. The first-order valence-electron chi connectivity index (χ1n) is 9.40. The van der Waals surface area contributed by atoms with Gasteiger partial charge in [-0.3, -0.25) is 4.90 Å². The van der Waals surface area contributed by atoms with Gasteiger partial charge < -0.3 is 20.3 Å². The van der Waals surface area contributed by atoms with Crippen LogP contribution in [0.4, 0.5) is 10.5 Å². The topological polar surface area (TPSA) is 56.8 Å². The van der Waals surface area contributed by atoms with Crippen molar-refractivity contribution in [1.82, 2.24) is 15.1 Å². The third kappa shape index (κ3) is 5.98. The zero-order valence-corrected chi connectivity index (χ0v) is 16.0. The van der Waals surface area contributed by atoms with Gasteiger partial charge in [-0.25, -0.2) is 4.79 Å². The fraction of sp³-hybridized carbons (Fsp3) is 0.381. The molecule has 0 radical (unpaired) electrons. The Hall–Kier alpha value is -2.57. The van der Waals surface area contributed by atoms with E-state index >= 15 is 0 Å². The van der Waals surface area contributed by atoms with Gasteiger partial charge in [-0.2, -0.15) is 0 Å². The lowest BCUT2D eigenvalue weighted by Crippen LogP contribution is -2.51. The molecule has 6 nitrogen and oxygen atoms in total. The zero-order valence-electron chi connectivity index (χ0n) is 16.0. The SMILES string of the molecule is C[C@@H](CNC(=O)Nc1cccc(Oc2ccccc2)c1)N1CCN(C)CC1. The van der Waals surface area contributed by atoms with Gasteiger partial charge in [0.1, 0.15) is 11.5 Å². The van der Waals surface area contributed by atoms with Crippen LogP contribution in [0.3, 0.4) is 0 Å². The van der Waals surface area contributed by atoms with Crippen LogP contribution in [-0.2, 0) is 0 Å². The van der Waals surface area contributed by atoms with E-state index < -0.39 is 0 Å². The summed E-state index contributed by atoms with van der Waals surface area (Å²) in [7, 11) is 2.14. The minimum atomic E-state index is -0.201. The maximum absolute atomic E-state index is 12.2. The fourth-order valence-corrected chi connectivity index (χ4v) is 3.07. The number of hydrogen-bond acceptors (Lipinski definition) is 4. The van der Waals surface area contributed by atoms with Crippen LogP contribution >= 0.6 is 0 Å². The van der Waals surface area contributed by atoms with Gasteiger partial charge in [0, 0.05) is 50.5 Å². The largest absolute Gasteiger partial charge is 0.457 e. The van der Waals surface area contributed by atoms with Crippen molar-refractivity contribution in [1.29, 1.82) is 0 Å². The van der Waals surface area contributed by atoms with Gasteiger partial charge >= 0.3 is 6.03 Å². The molecule has 1 heterocycles. The van der Waals surface area contributed by atoms with Gasteiger partial charge in [-0.1, -0.05) is 24.3 Å². The minimum Gasteiger partial charge on any atom is -0.457 e. The highest BCUT2D eigenvalue weighted by molar-refractivity contribution is 5.89. The van der Waals surface area contributed by atoms with E-state index in [-0.39, 0.29) is 6.03 Å². The Morgan fingerprint density at radius 3 is 2.48 bits per heavy atom. The smallest absolute Gasteiger partial charge is 0.319 e. The number of likely N-dealkylation sites (N-methyl/N-ethyl adjacent to an activating group) is 1. The van der Waals surface area contributed by atoms with Crippen molar-refractivity contribution < 1.29 is 9.53 Å². The average molecular weight is 368 g/mol. The lowest BCUT2D eigenvalue weighted by atomic mass is 10.2. The Labute approximate surface area is 161 Å². The molecule has 2 amide bonds. The first-order valence-corrected chi connectivity index (χ1v) is 9.40. The normalized spacial score (nSPS) is 16.5. The van der Waals surface area contributed by atoms with Gasteiger partial charge in [-0.05, 0) is 38.2 Å². The third-order valence-electron chi connectivity index (χ3n) is 4.79. The molecule has 1 aliphatic rings. The lowest BCUT2D eigenvalue weighted by Gasteiger charge is -2.36. The third-order valence-corrected chi connectivity index (χ3v) is 4.79. The summed E-state index contributed by atoms with van der Waals surface area (Å²) in [6.07, 6.45) is 0. The van der Waals surface area contributed by atoms with Crippen molar-refractivity contribution in [3.05, 3.63) is 54.6 Å². The first-order chi connectivity index (χ1) is 13.1. The second kappa shape index (κ2) is 9.39. The number of nitrogens with zero attached hydrogens (tertiary/aromatic N) is 2. The Bertz CT molecular complexity index is 730. The fourth-order valence-electron chi connectivity index (χ4n) is 3.07. The van der Waals surface area contributed by atoms with E-state index in [2.05, 4.69) is 34.4 Å². The van der Waals surface area contributed by atoms with E-state index in [0.29, 0.717) is 24.0 Å². The number of urea groups is 1. The summed E-state index contributed by atoms with van der Waals surface area (Å²) >= 11 is 0. The molecule has 1 atom stereocenters. The van der Waals surface area contributed by atoms with Crippen LogP contribution in [0.25, 0.3) is 0 Å². The van der Waals surface area contributed by atoms with E-state index in [1.54, 1.807) is 0 Å². The number of anilines is 1. The number of nitrogens with one attached hydrogen (secondary N) is 2. The highest BCUT2D eigenvalue weighted by atomic mass is 16.5. The molecule has 0 spiro atoms. The number of carbonyl (C=O) groups excluding carboxylic acids is 1. The molecule has 0 bridgehead atoms. The maximum Gasteiger partial charge on any atom is 0.319 e. The molecule has 27 heavy (non-hydrogen) atoms. The number of carbonyl (C=O) groups is 1. The molecule has 1 fully saturated rings. The molecular weight excluding hydrogens is 340 g/mol. The number of benzene rings is 2. The summed E-state index contributed by atoms with van der Waals surface area (Å²) in [6, 6.07) is 17.1. The molecule has 0 aliphatic carbocycles. The Balaban J connectivity index is 1.47. The van der Waals surface area contributed by atoms with Crippen molar-refractivity contribution >= 4 is 11.7 Å². The second-order valence-corrected chi connectivity index (χ2v) is 6.97. The summed E-state index contributed by atoms with van der Waals surface area (Å²) in [5, 5.41) is 5.84. The van der Waals surface area contributed by atoms with Gasteiger partial charge in [0.15, 0.2) is 0 Å². The summed E-state index contributed by atoms with van der Waals surface area (Å²) in [6.45, 7) is 7.00. The van der Waals surface area contributed by atoms with E-state index in [1.165, 1.54) is 0 Å². The molecule has 0 aromatic heterocycles. The van der Waals surface area contributed by atoms with Gasteiger partial charge in [0.25, 0.3) is 0 Å². The van der Waals surface area contributed by atoms with Crippen LogP contribution < -0.4 is 15.4 Å². The second-order valence-electron chi connectivity index (χ2n) is 6.97. The van der Waals surface area contributed by atoms with Crippen LogP contribution in [-0.4, -0.2) is 61.6 Å². The van der Waals surface area contributed by atoms with Crippen LogP contribution in [0.1, 0.15) is 6.92 Å². The molecule has 144 valence electrons. The van der Waals surface area contributed by atoms with E-state index in [0.717, 1.165) is 31.9 Å². The number of amides is 2. The summed E-state index contributed by atoms with van der Waals surface area (Å²) < 4.78 is 5.80. The maximum atomic E-state index is 12.2. The van der Waals surface area contributed by atoms with Crippen molar-refractivity contribution in [2.75, 3.05) is 45.1 Å². The molecule has 0 saturated carbocycles. The molecular formula is C21H28N4O2. The van der Waals surface area contributed by atoms with Crippen molar-refractivity contribution in [2.45, 2.75) is 13.0 Å². The lowest BCUT2D eigenvalue weighted by molar-refractivity contribution is 0.119. The van der Waals surface area contributed by atoms with Crippen LogP contribution in [0, 0.1) is 0 Å². The molecule has 3 rings (SSSR count). The van der Waals surface area contributed by atoms with Gasteiger partial charge in [0.05, 0.1) is 0 Å². The first kappa shape index (κ1) is 19.2. The van der Waals surface area contributed by atoms with Crippen molar-refractivity contribution in [3.63, 3.8) is 0 Å². The highest BCUT2D eigenvalue weighted by Crippen LogP contribution is 2.23. The Morgan fingerprint density at radius 2 is 1.74 bits per heavy atom. The van der Waals surface area contributed by atoms with E-state index in [4.69, 9.17) is 4.74 Å². The molecule has 1 aliphatic heterocycles. The van der Waals surface area contributed by atoms with E-state index in [1.807, 2.05) is 54.6 Å². The van der Waals surface area contributed by atoms with Crippen LogP contribution in [0.5, 0.6) is 11.5 Å². The summed E-state index contributed by atoms with van der Waals surface area (Å²) in [4.78, 5) is 17.0. The quantitative estimate of drug-likeness (QED) is 0.822. The molecule has 0 unspecified atom stereocenters. The minimum absolute atomic E-state index is 0.201. The molecule has 6 heteroatoms. The molecule has 2 N–H and O–H groups in total. The Morgan fingerprint density at radius 1 is 1.04 bits per heavy atom.